The van der Waals surface area contributed by atoms with Crippen LogP contribution in [0, 0.1) is 11.3 Å². The average Bonchev–Trinajstić information content (AvgIpc) is 2.89. The highest BCUT2D eigenvalue weighted by Gasteiger charge is 2.47. The highest BCUT2D eigenvalue weighted by atomic mass is 79.9. The van der Waals surface area contributed by atoms with Gasteiger partial charge >= 0.3 is 0 Å². The first-order chi connectivity index (χ1) is 6.74. The fraction of sp³-hybridized carbons (Fsp3) is 0.538. The summed E-state index contributed by atoms with van der Waals surface area (Å²) in [6.45, 7) is 2.42. The van der Waals surface area contributed by atoms with Gasteiger partial charge in [0.1, 0.15) is 0 Å². The molecule has 1 aromatic rings. The smallest absolute Gasteiger partial charge is 0.00650 e. The van der Waals surface area contributed by atoms with Crippen molar-refractivity contribution < 1.29 is 0 Å². The zero-order valence-electron chi connectivity index (χ0n) is 8.67. The van der Waals surface area contributed by atoms with Crippen LogP contribution < -0.4 is 0 Å². The maximum atomic E-state index is 3.58. The van der Waals surface area contributed by atoms with E-state index in [4.69, 9.17) is 0 Å². The van der Waals surface area contributed by atoms with Crippen LogP contribution in [0.1, 0.15) is 25.3 Å². The molecule has 1 saturated carbocycles. The summed E-state index contributed by atoms with van der Waals surface area (Å²) < 4.78 is 0. The predicted molar refractivity (Wildman–Crippen MR) is 64.8 cm³/mol. The van der Waals surface area contributed by atoms with Crippen LogP contribution >= 0.6 is 15.9 Å². The van der Waals surface area contributed by atoms with Gasteiger partial charge in [-0.1, -0.05) is 53.2 Å². The first kappa shape index (κ1) is 10.2. The van der Waals surface area contributed by atoms with E-state index in [9.17, 15) is 0 Å². The molecule has 0 N–H and O–H groups in total. The van der Waals surface area contributed by atoms with Crippen molar-refractivity contribution in [2.24, 2.45) is 11.3 Å². The van der Waals surface area contributed by atoms with Crippen LogP contribution in [0.5, 0.6) is 0 Å². The van der Waals surface area contributed by atoms with Gasteiger partial charge in [-0.25, -0.2) is 0 Å². The molecule has 14 heavy (non-hydrogen) atoms. The molecule has 0 aliphatic heterocycles. The molecule has 0 nitrogen and oxygen atoms in total. The lowest BCUT2D eigenvalue weighted by atomic mass is 9.97. The Hall–Kier alpha value is -0.300. The van der Waals surface area contributed by atoms with Gasteiger partial charge in [-0.15, -0.1) is 0 Å². The van der Waals surface area contributed by atoms with Crippen LogP contribution in [0.15, 0.2) is 30.3 Å². The Labute approximate surface area is 94.8 Å². The molecule has 0 aromatic heterocycles. The van der Waals surface area contributed by atoms with Gasteiger partial charge in [0.15, 0.2) is 0 Å². The Bertz CT molecular complexity index is 293. The van der Waals surface area contributed by atoms with Gasteiger partial charge in [-0.05, 0) is 36.2 Å². The van der Waals surface area contributed by atoms with Gasteiger partial charge in [0.2, 0.25) is 0 Å². The molecule has 2 rings (SSSR count). The molecule has 0 amide bonds. The topological polar surface area (TPSA) is 0 Å². The Morgan fingerprint density at radius 3 is 2.64 bits per heavy atom. The lowest BCUT2D eigenvalue weighted by Crippen LogP contribution is -2.01. The number of benzene rings is 1. The molecule has 1 aliphatic rings. The second-order valence-corrected chi connectivity index (χ2v) is 5.34. The lowest BCUT2D eigenvalue weighted by molar-refractivity contribution is 0.479. The maximum absolute atomic E-state index is 3.58. The monoisotopic (exact) mass is 252 g/mol. The predicted octanol–water partition coefficient (Wildman–Crippen LogP) is 4.04. The Morgan fingerprint density at radius 1 is 1.36 bits per heavy atom. The third-order valence-electron chi connectivity index (χ3n) is 3.55. The number of alkyl halides is 1. The highest BCUT2D eigenvalue weighted by Crippen LogP contribution is 2.55. The number of aryl methyl sites for hydroxylation is 1. The molecule has 1 aromatic carbocycles. The van der Waals surface area contributed by atoms with Gasteiger partial charge in [0.05, 0.1) is 0 Å². The number of halogens is 1. The van der Waals surface area contributed by atoms with Crippen LogP contribution in [0.25, 0.3) is 0 Å². The first-order valence-corrected chi connectivity index (χ1v) is 6.47. The number of hydrogen-bond donors (Lipinski definition) is 0. The molecule has 2 unspecified atom stereocenters. The largest absolute Gasteiger partial charge is 0.0925 e. The van der Waals surface area contributed by atoms with Gasteiger partial charge in [-0.2, -0.15) is 0 Å². The summed E-state index contributed by atoms with van der Waals surface area (Å²) in [6, 6.07) is 10.8. The second kappa shape index (κ2) is 4.06. The summed E-state index contributed by atoms with van der Waals surface area (Å²) in [5.74, 6) is 0.922. The van der Waals surface area contributed by atoms with Crippen molar-refractivity contribution in [2.75, 3.05) is 5.33 Å². The molecular weight excluding hydrogens is 236 g/mol. The van der Waals surface area contributed by atoms with Crippen LogP contribution in [-0.4, -0.2) is 5.33 Å². The number of rotatable bonds is 4. The molecule has 2 atom stereocenters. The molecule has 76 valence electrons. The molecule has 0 spiro atoms. The summed E-state index contributed by atoms with van der Waals surface area (Å²) in [7, 11) is 0. The molecular formula is C13H17Br. The van der Waals surface area contributed by atoms with Crippen molar-refractivity contribution in [1.82, 2.24) is 0 Å². The zero-order valence-corrected chi connectivity index (χ0v) is 10.3. The van der Waals surface area contributed by atoms with E-state index in [-0.39, 0.29) is 0 Å². The molecule has 0 bridgehead atoms. The van der Waals surface area contributed by atoms with E-state index in [0.29, 0.717) is 5.41 Å². The van der Waals surface area contributed by atoms with Crippen LogP contribution in [0.2, 0.25) is 0 Å². The molecule has 0 heterocycles. The Kier molecular flexibility index (Phi) is 2.96. The van der Waals surface area contributed by atoms with E-state index in [2.05, 4.69) is 53.2 Å². The summed E-state index contributed by atoms with van der Waals surface area (Å²) in [5, 5.41) is 1.18. The van der Waals surface area contributed by atoms with Crippen molar-refractivity contribution >= 4 is 15.9 Å². The summed E-state index contributed by atoms with van der Waals surface area (Å²) in [5.41, 5.74) is 2.10. The van der Waals surface area contributed by atoms with Gasteiger partial charge < -0.3 is 0 Å². The minimum atomic E-state index is 0.624. The van der Waals surface area contributed by atoms with E-state index in [1.807, 2.05) is 0 Å². The lowest BCUT2D eigenvalue weighted by Gasteiger charge is -2.09. The van der Waals surface area contributed by atoms with Crippen molar-refractivity contribution in [3.05, 3.63) is 35.9 Å². The zero-order chi connectivity index (χ0) is 10.0. The van der Waals surface area contributed by atoms with E-state index in [1.165, 1.54) is 30.2 Å². The summed E-state index contributed by atoms with van der Waals surface area (Å²) in [4.78, 5) is 0. The van der Waals surface area contributed by atoms with Crippen LogP contribution in [-0.2, 0) is 6.42 Å². The maximum Gasteiger partial charge on any atom is 0.00650 e. The minimum absolute atomic E-state index is 0.624. The van der Waals surface area contributed by atoms with E-state index >= 15 is 0 Å². The normalized spacial score (nSPS) is 30.3. The van der Waals surface area contributed by atoms with E-state index in [1.54, 1.807) is 0 Å². The Balaban J connectivity index is 1.84. The summed E-state index contributed by atoms with van der Waals surface area (Å²) >= 11 is 3.58. The third kappa shape index (κ3) is 2.20. The van der Waals surface area contributed by atoms with E-state index in [0.717, 1.165) is 5.92 Å². The van der Waals surface area contributed by atoms with Gasteiger partial charge in [0, 0.05) is 5.33 Å². The van der Waals surface area contributed by atoms with Crippen molar-refractivity contribution in [3.8, 4) is 0 Å². The molecule has 0 radical (unpaired) electrons. The average molecular weight is 253 g/mol. The van der Waals surface area contributed by atoms with Crippen molar-refractivity contribution in [2.45, 2.75) is 26.2 Å². The second-order valence-electron chi connectivity index (χ2n) is 4.69. The first-order valence-electron chi connectivity index (χ1n) is 5.34. The SMILES string of the molecule is CC1(CCc2ccccc2)CC1CBr. The fourth-order valence-corrected chi connectivity index (χ4v) is 3.14. The quantitative estimate of drug-likeness (QED) is 0.710. The van der Waals surface area contributed by atoms with Crippen LogP contribution in [0.3, 0.4) is 0 Å². The molecule has 0 saturated heterocycles. The summed E-state index contributed by atoms with van der Waals surface area (Å²) in [6.07, 6.45) is 3.99. The van der Waals surface area contributed by atoms with Crippen molar-refractivity contribution in [1.29, 1.82) is 0 Å². The molecule has 1 heteroatoms. The standard InChI is InChI=1S/C13H17Br/c1-13(9-12(13)10-14)8-7-11-5-3-2-4-6-11/h2-6,12H,7-10H2,1H3. The molecule has 1 fully saturated rings. The van der Waals surface area contributed by atoms with Gasteiger partial charge in [0.25, 0.3) is 0 Å². The number of hydrogen-bond acceptors (Lipinski definition) is 0. The van der Waals surface area contributed by atoms with E-state index < -0.39 is 0 Å². The highest BCUT2D eigenvalue weighted by molar-refractivity contribution is 9.09. The molecule has 1 aliphatic carbocycles. The third-order valence-corrected chi connectivity index (χ3v) is 4.33. The van der Waals surface area contributed by atoms with Gasteiger partial charge in [-0.3, -0.25) is 0 Å². The Morgan fingerprint density at radius 2 is 2.07 bits per heavy atom. The van der Waals surface area contributed by atoms with Crippen molar-refractivity contribution in [3.63, 3.8) is 0 Å². The fourth-order valence-electron chi connectivity index (χ4n) is 2.13. The minimum Gasteiger partial charge on any atom is -0.0925 e. The van der Waals surface area contributed by atoms with Crippen LogP contribution in [0.4, 0.5) is 0 Å².